The molecule has 8 heteroatoms. The summed E-state index contributed by atoms with van der Waals surface area (Å²) in [4.78, 5) is 38.0. The Hall–Kier alpha value is -4.56. The lowest BCUT2D eigenvalue weighted by Gasteiger charge is -2.10. The number of anilines is 1. The van der Waals surface area contributed by atoms with E-state index in [-0.39, 0.29) is 11.5 Å². The molecule has 4 aromatic rings. The van der Waals surface area contributed by atoms with Crippen molar-refractivity contribution in [2.75, 3.05) is 5.32 Å². The van der Waals surface area contributed by atoms with Gasteiger partial charge in [-0.05, 0) is 67.6 Å². The van der Waals surface area contributed by atoms with Crippen LogP contribution in [-0.4, -0.2) is 24.0 Å². The summed E-state index contributed by atoms with van der Waals surface area (Å²) in [5.74, 6) is -1.07. The minimum atomic E-state index is -0.518. The molecule has 0 aliphatic carbocycles. The fraction of sp³-hybridized carbons (Fsp3) is 0.0345. The van der Waals surface area contributed by atoms with E-state index in [0.717, 1.165) is 10.0 Å². The second kappa shape index (κ2) is 11.9. The Balaban J connectivity index is 1.44. The predicted octanol–water partition coefficient (Wildman–Crippen LogP) is 5.99. The number of aryl methyl sites for hydroxylation is 1. The number of benzene rings is 4. The molecule has 0 aliphatic heterocycles. The molecule has 184 valence electrons. The average Bonchev–Trinajstić information content (AvgIpc) is 2.90. The average molecular weight is 556 g/mol. The quantitative estimate of drug-likeness (QED) is 0.126. The molecule has 0 bridgehead atoms. The van der Waals surface area contributed by atoms with E-state index in [1.165, 1.54) is 6.21 Å². The fourth-order valence-corrected chi connectivity index (χ4v) is 3.60. The molecule has 0 fully saturated rings. The van der Waals surface area contributed by atoms with Crippen molar-refractivity contribution >= 4 is 45.6 Å². The van der Waals surface area contributed by atoms with E-state index >= 15 is 0 Å². The van der Waals surface area contributed by atoms with Gasteiger partial charge in [-0.15, -0.1) is 0 Å². The zero-order valence-corrected chi connectivity index (χ0v) is 21.4. The minimum absolute atomic E-state index is 0.245. The van der Waals surface area contributed by atoms with Crippen molar-refractivity contribution in [2.45, 2.75) is 6.92 Å². The largest absolute Gasteiger partial charge is 0.422 e. The molecular weight excluding hydrogens is 534 g/mol. The van der Waals surface area contributed by atoms with Crippen LogP contribution in [0.4, 0.5) is 5.69 Å². The Morgan fingerprint density at radius 2 is 1.43 bits per heavy atom. The van der Waals surface area contributed by atoms with Crippen molar-refractivity contribution in [2.24, 2.45) is 5.10 Å². The standard InChI is InChI=1S/C29H22BrN3O4/c1-19-10-12-20(13-11-19)27(34)32-25-8-4-3-7-24(25)28(35)33-31-18-22-6-2-5-9-26(22)37-29(36)21-14-16-23(30)17-15-21/h2-18H,1H3,(H,32,34)(H,33,35)/b31-18-. The summed E-state index contributed by atoms with van der Waals surface area (Å²) in [6.45, 7) is 1.94. The summed E-state index contributed by atoms with van der Waals surface area (Å²) in [6.07, 6.45) is 1.38. The number of nitrogens with zero attached hydrogens (tertiary/aromatic N) is 1. The molecular formula is C29H22BrN3O4. The van der Waals surface area contributed by atoms with Crippen LogP contribution in [0, 0.1) is 6.92 Å². The van der Waals surface area contributed by atoms with Crippen molar-refractivity contribution in [1.29, 1.82) is 0 Å². The Morgan fingerprint density at radius 1 is 0.784 bits per heavy atom. The SMILES string of the molecule is Cc1ccc(C(=O)Nc2ccccc2C(=O)N/N=C\c2ccccc2OC(=O)c2ccc(Br)cc2)cc1. The summed E-state index contributed by atoms with van der Waals surface area (Å²) in [5.41, 5.74) is 5.47. The first kappa shape index (κ1) is 25.5. The van der Waals surface area contributed by atoms with Crippen LogP contribution in [0.15, 0.2) is 107 Å². The van der Waals surface area contributed by atoms with Crippen molar-refractivity contribution in [3.8, 4) is 5.75 Å². The van der Waals surface area contributed by atoms with Crippen LogP contribution in [-0.2, 0) is 0 Å². The summed E-state index contributed by atoms with van der Waals surface area (Å²) >= 11 is 3.33. The molecule has 0 saturated carbocycles. The summed E-state index contributed by atoms with van der Waals surface area (Å²) in [6, 6.07) is 27.4. The lowest BCUT2D eigenvalue weighted by molar-refractivity contribution is 0.0733. The molecule has 4 aromatic carbocycles. The van der Waals surface area contributed by atoms with E-state index in [9.17, 15) is 14.4 Å². The highest BCUT2D eigenvalue weighted by Crippen LogP contribution is 2.20. The molecule has 0 aromatic heterocycles. The molecule has 0 aliphatic rings. The normalized spacial score (nSPS) is 10.6. The van der Waals surface area contributed by atoms with Crippen LogP contribution in [0.3, 0.4) is 0 Å². The fourth-order valence-electron chi connectivity index (χ4n) is 3.34. The molecule has 2 N–H and O–H groups in total. The van der Waals surface area contributed by atoms with Crippen LogP contribution < -0.4 is 15.5 Å². The molecule has 0 atom stereocenters. The van der Waals surface area contributed by atoms with Crippen LogP contribution in [0.1, 0.15) is 42.2 Å². The number of amides is 2. The van der Waals surface area contributed by atoms with E-state index in [1.54, 1.807) is 84.9 Å². The van der Waals surface area contributed by atoms with Crippen molar-refractivity contribution in [1.82, 2.24) is 5.43 Å². The maximum absolute atomic E-state index is 12.8. The number of ether oxygens (including phenoxy) is 1. The number of para-hydroxylation sites is 2. The Morgan fingerprint density at radius 3 is 2.19 bits per heavy atom. The molecule has 0 radical (unpaired) electrons. The first-order valence-electron chi connectivity index (χ1n) is 11.3. The zero-order chi connectivity index (χ0) is 26.2. The topological polar surface area (TPSA) is 96.9 Å². The third-order valence-corrected chi connectivity index (χ3v) is 5.83. The smallest absolute Gasteiger partial charge is 0.343 e. The van der Waals surface area contributed by atoms with Gasteiger partial charge in [0.05, 0.1) is 23.0 Å². The van der Waals surface area contributed by atoms with Crippen LogP contribution in [0.25, 0.3) is 0 Å². The van der Waals surface area contributed by atoms with Crippen molar-refractivity contribution in [3.63, 3.8) is 0 Å². The maximum Gasteiger partial charge on any atom is 0.343 e. The van der Waals surface area contributed by atoms with Gasteiger partial charge in [0.15, 0.2) is 0 Å². The highest BCUT2D eigenvalue weighted by Gasteiger charge is 2.14. The highest BCUT2D eigenvalue weighted by atomic mass is 79.9. The van der Waals surface area contributed by atoms with Gasteiger partial charge >= 0.3 is 5.97 Å². The van der Waals surface area contributed by atoms with E-state index in [0.29, 0.717) is 28.1 Å². The van der Waals surface area contributed by atoms with Crippen LogP contribution in [0.2, 0.25) is 0 Å². The Labute approximate surface area is 222 Å². The van der Waals surface area contributed by atoms with Gasteiger partial charge in [0.1, 0.15) is 5.75 Å². The molecule has 0 heterocycles. The number of rotatable bonds is 7. The molecule has 4 rings (SSSR count). The van der Waals surface area contributed by atoms with E-state index < -0.39 is 11.9 Å². The van der Waals surface area contributed by atoms with Gasteiger partial charge < -0.3 is 10.1 Å². The van der Waals surface area contributed by atoms with Crippen molar-refractivity contribution in [3.05, 3.63) is 129 Å². The molecule has 37 heavy (non-hydrogen) atoms. The van der Waals surface area contributed by atoms with Gasteiger partial charge in [-0.25, -0.2) is 10.2 Å². The van der Waals surface area contributed by atoms with Gasteiger partial charge in [-0.2, -0.15) is 5.10 Å². The zero-order valence-electron chi connectivity index (χ0n) is 19.8. The number of halogens is 1. The first-order valence-corrected chi connectivity index (χ1v) is 12.1. The van der Waals surface area contributed by atoms with E-state index in [4.69, 9.17) is 4.74 Å². The number of hydrogen-bond donors (Lipinski definition) is 2. The van der Waals surface area contributed by atoms with Crippen LogP contribution in [0.5, 0.6) is 5.75 Å². The van der Waals surface area contributed by atoms with Gasteiger partial charge in [-0.3, -0.25) is 9.59 Å². The van der Waals surface area contributed by atoms with E-state index in [2.05, 4.69) is 31.8 Å². The summed E-state index contributed by atoms with van der Waals surface area (Å²) < 4.78 is 6.37. The third kappa shape index (κ3) is 6.77. The third-order valence-electron chi connectivity index (χ3n) is 5.30. The lowest BCUT2D eigenvalue weighted by Crippen LogP contribution is -2.21. The molecule has 0 saturated heterocycles. The molecule has 0 spiro atoms. The minimum Gasteiger partial charge on any atom is -0.422 e. The number of hydrogen-bond acceptors (Lipinski definition) is 5. The number of hydrazone groups is 1. The van der Waals surface area contributed by atoms with Crippen LogP contribution >= 0.6 is 15.9 Å². The summed E-state index contributed by atoms with van der Waals surface area (Å²) in [7, 11) is 0. The van der Waals surface area contributed by atoms with E-state index in [1.807, 2.05) is 19.1 Å². The summed E-state index contributed by atoms with van der Waals surface area (Å²) in [5, 5.41) is 6.80. The molecule has 0 unspecified atom stereocenters. The van der Waals surface area contributed by atoms with Crippen molar-refractivity contribution < 1.29 is 19.1 Å². The number of nitrogens with one attached hydrogen (secondary N) is 2. The molecule has 7 nitrogen and oxygen atoms in total. The second-order valence-electron chi connectivity index (χ2n) is 8.00. The molecule has 2 amide bonds. The Bertz CT molecular complexity index is 1470. The van der Waals surface area contributed by atoms with Gasteiger partial charge in [-0.1, -0.05) is 57.9 Å². The monoisotopic (exact) mass is 555 g/mol. The lowest BCUT2D eigenvalue weighted by atomic mass is 10.1. The first-order chi connectivity index (χ1) is 17.9. The number of esters is 1. The Kier molecular flexibility index (Phi) is 8.22. The van der Waals surface area contributed by atoms with Gasteiger partial charge in [0.2, 0.25) is 0 Å². The number of carbonyl (C=O) groups is 3. The predicted molar refractivity (Wildman–Crippen MR) is 146 cm³/mol. The van der Waals surface area contributed by atoms with Gasteiger partial charge in [0, 0.05) is 15.6 Å². The van der Waals surface area contributed by atoms with Gasteiger partial charge in [0.25, 0.3) is 11.8 Å². The number of carbonyl (C=O) groups excluding carboxylic acids is 3. The maximum atomic E-state index is 12.8. The highest BCUT2D eigenvalue weighted by molar-refractivity contribution is 9.10. The second-order valence-corrected chi connectivity index (χ2v) is 8.91.